The van der Waals surface area contributed by atoms with Crippen LogP contribution in [0.1, 0.15) is 0 Å². The third-order valence-electron chi connectivity index (χ3n) is 2.76. The standard InChI is InChI=1S/C12H22N4O3S/c1-13-12-11(5-4-6-14-12)20(17,18)15-7-8-16(2)9-10-19-3/h4-6,15H,7-10H2,1-3H3,(H,13,14). The van der Waals surface area contributed by atoms with E-state index in [0.29, 0.717) is 25.5 Å². The van der Waals surface area contributed by atoms with E-state index in [9.17, 15) is 8.42 Å². The van der Waals surface area contributed by atoms with Crippen LogP contribution in [0.15, 0.2) is 23.2 Å². The smallest absolute Gasteiger partial charge is 0.244 e. The van der Waals surface area contributed by atoms with E-state index in [-0.39, 0.29) is 4.90 Å². The number of sulfonamides is 1. The molecular formula is C12H22N4O3S. The quantitative estimate of drug-likeness (QED) is 0.667. The van der Waals surface area contributed by atoms with Gasteiger partial charge in [-0.1, -0.05) is 0 Å². The van der Waals surface area contributed by atoms with E-state index < -0.39 is 10.0 Å². The molecule has 1 aromatic rings. The highest BCUT2D eigenvalue weighted by atomic mass is 32.2. The molecule has 0 saturated carbocycles. The van der Waals surface area contributed by atoms with Crippen molar-refractivity contribution in [3.05, 3.63) is 18.3 Å². The van der Waals surface area contributed by atoms with Gasteiger partial charge in [0.05, 0.1) is 6.61 Å². The van der Waals surface area contributed by atoms with E-state index in [1.165, 1.54) is 6.07 Å². The minimum atomic E-state index is -3.55. The molecule has 0 bridgehead atoms. The molecule has 0 aromatic carbocycles. The highest BCUT2D eigenvalue weighted by molar-refractivity contribution is 7.89. The predicted molar refractivity (Wildman–Crippen MR) is 78.3 cm³/mol. The molecule has 0 saturated heterocycles. The van der Waals surface area contributed by atoms with Gasteiger partial charge in [0.15, 0.2) is 0 Å². The van der Waals surface area contributed by atoms with E-state index in [0.717, 1.165) is 6.54 Å². The normalized spacial score (nSPS) is 11.8. The van der Waals surface area contributed by atoms with Gasteiger partial charge in [-0.2, -0.15) is 0 Å². The summed E-state index contributed by atoms with van der Waals surface area (Å²) in [6, 6.07) is 3.12. The van der Waals surface area contributed by atoms with Gasteiger partial charge in [-0.3, -0.25) is 0 Å². The molecule has 0 aliphatic carbocycles. The van der Waals surface area contributed by atoms with Crippen LogP contribution in [-0.2, 0) is 14.8 Å². The Morgan fingerprint density at radius 1 is 1.40 bits per heavy atom. The van der Waals surface area contributed by atoms with E-state index >= 15 is 0 Å². The second-order valence-electron chi connectivity index (χ2n) is 4.29. The number of hydrogen-bond donors (Lipinski definition) is 2. The molecule has 8 heteroatoms. The first-order chi connectivity index (χ1) is 9.51. The maximum Gasteiger partial charge on any atom is 0.244 e. The fourth-order valence-electron chi connectivity index (χ4n) is 1.60. The van der Waals surface area contributed by atoms with Gasteiger partial charge in [-0.05, 0) is 19.2 Å². The topological polar surface area (TPSA) is 83.6 Å². The maximum absolute atomic E-state index is 12.2. The van der Waals surface area contributed by atoms with Crippen LogP contribution >= 0.6 is 0 Å². The van der Waals surface area contributed by atoms with Crippen LogP contribution < -0.4 is 10.0 Å². The van der Waals surface area contributed by atoms with Crippen molar-refractivity contribution >= 4 is 15.8 Å². The zero-order valence-corrected chi connectivity index (χ0v) is 12.9. The van der Waals surface area contributed by atoms with Crippen molar-refractivity contribution < 1.29 is 13.2 Å². The number of methoxy groups -OCH3 is 1. The van der Waals surface area contributed by atoms with Crippen LogP contribution in [0.4, 0.5) is 5.82 Å². The fraction of sp³-hybridized carbons (Fsp3) is 0.583. The molecule has 1 heterocycles. The Kier molecular flexibility index (Phi) is 6.86. The molecule has 0 spiro atoms. The number of aromatic nitrogens is 1. The SMILES string of the molecule is CNc1ncccc1S(=O)(=O)NCCN(C)CCOC. The summed E-state index contributed by atoms with van der Waals surface area (Å²) >= 11 is 0. The molecule has 1 rings (SSSR count). The van der Waals surface area contributed by atoms with Gasteiger partial charge < -0.3 is 15.0 Å². The van der Waals surface area contributed by atoms with Crippen molar-refractivity contribution in [2.75, 3.05) is 52.8 Å². The van der Waals surface area contributed by atoms with Crippen LogP contribution in [0, 0.1) is 0 Å². The van der Waals surface area contributed by atoms with Gasteiger partial charge in [0.1, 0.15) is 10.7 Å². The molecular weight excluding hydrogens is 280 g/mol. The van der Waals surface area contributed by atoms with Crippen molar-refractivity contribution in [2.24, 2.45) is 0 Å². The minimum Gasteiger partial charge on any atom is -0.383 e. The second-order valence-corrected chi connectivity index (χ2v) is 6.03. The molecule has 0 fully saturated rings. The summed E-state index contributed by atoms with van der Waals surface area (Å²) in [4.78, 5) is 6.14. The highest BCUT2D eigenvalue weighted by Crippen LogP contribution is 2.16. The monoisotopic (exact) mass is 302 g/mol. The molecule has 1 aromatic heterocycles. The summed E-state index contributed by atoms with van der Waals surface area (Å²) in [5.74, 6) is 0.340. The summed E-state index contributed by atoms with van der Waals surface area (Å²) in [7, 11) is 1.64. The average Bonchev–Trinajstić information content (AvgIpc) is 2.44. The lowest BCUT2D eigenvalue weighted by atomic mass is 10.5. The van der Waals surface area contributed by atoms with Gasteiger partial charge >= 0.3 is 0 Å². The summed E-state index contributed by atoms with van der Waals surface area (Å²) in [5.41, 5.74) is 0. The summed E-state index contributed by atoms with van der Waals surface area (Å²) in [6.45, 7) is 2.32. The van der Waals surface area contributed by atoms with Gasteiger partial charge in [0.2, 0.25) is 10.0 Å². The Labute approximate surface area is 120 Å². The van der Waals surface area contributed by atoms with Crippen molar-refractivity contribution in [2.45, 2.75) is 4.90 Å². The Bertz CT molecular complexity index is 507. The first-order valence-electron chi connectivity index (χ1n) is 6.31. The number of nitrogens with zero attached hydrogens (tertiary/aromatic N) is 2. The highest BCUT2D eigenvalue weighted by Gasteiger charge is 2.18. The van der Waals surface area contributed by atoms with E-state index in [1.54, 1.807) is 26.4 Å². The van der Waals surface area contributed by atoms with Crippen molar-refractivity contribution in [1.29, 1.82) is 0 Å². The van der Waals surface area contributed by atoms with Crippen LogP contribution in [0.3, 0.4) is 0 Å². The van der Waals surface area contributed by atoms with Gasteiger partial charge in [0, 0.05) is 40.0 Å². The van der Waals surface area contributed by atoms with E-state index in [2.05, 4.69) is 15.0 Å². The largest absolute Gasteiger partial charge is 0.383 e. The lowest BCUT2D eigenvalue weighted by molar-refractivity contribution is 0.162. The lowest BCUT2D eigenvalue weighted by Gasteiger charge is -2.16. The zero-order chi connectivity index (χ0) is 15.0. The Morgan fingerprint density at radius 3 is 2.80 bits per heavy atom. The molecule has 2 N–H and O–H groups in total. The molecule has 0 atom stereocenters. The third kappa shape index (κ3) is 5.04. The van der Waals surface area contributed by atoms with Crippen molar-refractivity contribution in [3.63, 3.8) is 0 Å². The van der Waals surface area contributed by atoms with Gasteiger partial charge in [-0.15, -0.1) is 0 Å². The van der Waals surface area contributed by atoms with E-state index in [1.807, 2.05) is 11.9 Å². The minimum absolute atomic E-state index is 0.155. The molecule has 0 unspecified atom stereocenters. The molecule has 114 valence electrons. The molecule has 0 radical (unpaired) electrons. The zero-order valence-electron chi connectivity index (χ0n) is 12.1. The second kappa shape index (κ2) is 8.15. The summed E-state index contributed by atoms with van der Waals surface area (Å²) in [6.07, 6.45) is 1.55. The first kappa shape index (κ1) is 16.8. The molecule has 0 aliphatic rings. The Balaban J connectivity index is 2.58. The van der Waals surface area contributed by atoms with Crippen molar-refractivity contribution in [3.8, 4) is 0 Å². The lowest BCUT2D eigenvalue weighted by Crippen LogP contribution is -2.34. The number of nitrogens with one attached hydrogen (secondary N) is 2. The summed E-state index contributed by atoms with van der Waals surface area (Å²) < 4.78 is 31.9. The molecule has 0 amide bonds. The number of hydrogen-bond acceptors (Lipinski definition) is 6. The van der Waals surface area contributed by atoms with Crippen LogP contribution in [0.25, 0.3) is 0 Å². The number of likely N-dealkylation sites (N-methyl/N-ethyl adjacent to an activating group) is 1. The number of ether oxygens (including phenoxy) is 1. The average molecular weight is 302 g/mol. The number of anilines is 1. The molecule has 20 heavy (non-hydrogen) atoms. The Morgan fingerprint density at radius 2 is 2.15 bits per heavy atom. The van der Waals surface area contributed by atoms with Gasteiger partial charge in [0.25, 0.3) is 0 Å². The van der Waals surface area contributed by atoms with E-state index in [4.69, 9.17) is 4.74 Å². The molecule has 7 nitrogen and oxygen atoms in total. The van der Waals surface area contributed by atoms with Crippen molar-refractivity contribution in [1.82, 2.24) is 14.6 Å². The summed E-state index contributed by atoms with van der Waals surface area (Å²) in [5, 5.41) is 2.77. The number of pyridine rings is 1. The first-order valence-corrected chi connectivity index (χ1v) is 7.79. The third-order valence-corrected chi connectivity index (χ3v) is 4.25. The van der Waals surface area contributed by atoms with Crippen LogP contribution in [0.5, 0.6) is 0 Å². The van der Waals surface area contributed by atoms with Gasteiger partial charge in [-0.25, -0.2) is 18.1 Å². The van der Waals surface area contributed by atoms with Crippen LogP contribution in [0.2, 0.25) is 0 Å². The number of rotatable bonds is 9. The Hall–Kier alpha value is -1.22. The molecule has 0 aliphatic heterocycles. The van der Waals surface area contributed by atoms with Crippen LogP contribution in [-0.4, -0.2) is 65.7 Å². The predicted octanol–water partition coefficient (Wildman–Crippen LogP) is -0.0202. The fourth-order valence-corrected chi connectivity index (χ4v) is 2.79. The maximum atomic E-state index is 12.2.